The first-order valence-electron chi connectivity index (χ1n) is 43.5. The van der Waals surface area contributed by atoms with Gasteiger partial charge in [-0.1, -0.05) is 166 Å². The minimum atomic E-state index is -0.932. The quantitative estimate of drug-likeness (QED) is 0.0250. The summed E-state index contributed by atoms with van der Waals surface area (Å²) in [4.78, 5) is 0. The van der Waals surface area contributed by atoms with E-state index in [1.54, 1.807) is 64.5 Å². The van der Waals surface area contributed by atoms with Crippen molar-refractivity contribution in [1.82, 2.24) is 0 Å². The molecule has 127 heavy (non-hydrogen) atoms. The Bertz CT molecular complexity index is 2830. The topological polar surface area (TPSA) is 266 Å². The molecule has 0 aliphatic heterocycles. The van der Waals surface area contributed by atoms with Crippen LogP contribution in [0.5, 0.6) is 0 Å². The minimum absolute atomic E-state index is 0.00416. The number of methoxy groups -OCH3 is 2. The van der Waals surface area contributed by atoms with Gasteiger partial charge >= 0.3 is 0 Å². The SMILES string of the molecule is C=CCOCC(C)(COCC=C(C)C)OC.C=CCOCC(C)(COCC=C(C)C)OC=C.C=CCOCC(C)(COCC=C(C)C)OC=C.C=CCOCC(C)(O)COCC=C(C)C.C=CCOCC(COCC=C(C)C)OC.C=CCOCC(O)COCC=C(C)C.CC(C)=CCOCC(C)(O)COCC=C(C)C.CC(C)=CCOCC(O)COCC=C(C)C. The second kappa shape index (κ2) is 96.1. The molecule has 24 heteroatoms. The van der Waals surface area contributed by atoms with E-state index < -0.39 is 40.2 Å². The summed E-state index contributed by atoms with van der Waals surface area (Å²) in [6.07, 6.45) is 31.9. The van der Waals surface area contributed by atoms with E-state index in [0.29, 0.717) is 185 Å². The second-order valence-electron chi connectivity index (χ2n) is 33.2. The Kier molecular flexibility index (Phi) is 103. The summed E-state index contributed by atoms with van der Waals surface area (Å²) >= 11 is 0. The molecule has 0 aliphatic carbocycles. The Hall–Kier alpha value is -5.96. The first-order valence-corrected chi connectivity index (χ1v) is 43.5. The molecule has 4 N–H and O–H groups in total. The molecule has 0 heterocycles. The molecule has 0 aromatic heterocycles. The molecule has 0 aromatic rings. The van der Waals surface area contributed by atoms with Crippen molar-refractivity contribution in [3.8, 4) is 0 Å². The van der Waals surface area contributed by atoms with Crippen LogP contribution in [0.1, 0.15) is 173 Å². The van der Waals surface area contributed by atoms with Crippen molar-refractivity contribution >= 4 is 0 Å². The minimum Gasteiger partial charge on any atom is -0.491 e. The van der Waals surface area contributed by atoms with Crippen molar-refractivity contribution in [2.45, 2.75) is 219 Å². The van der Waals surface area contributed by atoms with E-state index >= 15 is 0 Å². The highest BCUT2D eigenvalue weighted by Crippen LogP contribution is 2.16. The maximum Gasteiger partial charge on any atom is 0.152 e. The van der Waals surface area contributed by atoms with Crippen LogP contribution in [0.25, 0.3) is 0 Å². The molecular weight excluding hydrogens is 1620 g/mol. The van der Waals surface area contributed by atoms with Crippen LogP contribution in [0.3, 0.4) is 0 Å². The Morgan fingerprint density at radius 3 is 0.583 bits per heavy atom. The number of hydrogen-bond donors (Lipinski definition) is 4. The molecule has 0 aromatic carbocycles. The highest BCUT2D eigenvalue weighted by Gasteiger charge is 2.28. The van der Waals surface area contributed by atoms with Crippen LogP contribution >= 0.6 is 0 Å². The number of rotatable bonds is 70. The second-order valence-corrected chi connectivity index (χ2v) is 33.2. The van der Waals surface area contributed by atoms with Crippen molar-refractivity contribution in [2.24, 2.45) is 0 Å². The van der Waals surface area contributed by atoms with E-state index in [9.17, 15) is 20.4 Å². The summed E-state index contributed by atoms with van der Waals surface area (Å²) in [6.45, 7) is 93.2. The molecule has 0 bridgehead atoms. The van der Waals surface area contributed by atoms with Crippen molar-refractivity contribution in [2.75, 3.05) is 226 Å². The van der Waals surface area contributed by atoms with Gasteiger partial charge in [0, 0.05) is 14.2 Å². The zero-order valence-corrected chi connectivity index (χ0v) is 84.9. The van der Waals surface area contributed by atoms with Gasteiger partial charge in [0.15, 0.2) is 11.2 Å². The van der Waals surface area contributed by atoms with Gasteiger partial charge in [-0.2, -0.15) is 0 Å². The largest absolute Gasteiger partial charge is 0.491 e. The summed E-state index contributed by atoms with van der Waals surface area (Å²) in [5, 5.41) is 38.6. The lowest BCUT2D eigenvalue weighted by atomic mass is 10.1. The zero-order chi connectivity index (χ0) is 98.5. The van der Waals surface area contributed by atoms with Gasteiger partial charge in [-0.3, -0.25) is 0 Å². The highest BCUT2D eigenvalue weighted by atomic mass is 16.6. The number of allylic oxidation sites excluding steroid dienone is 10. The van der Waals surface area contributed by atoms with Crippen LogP contribution in [0, 0.1) is 0 Å². The highest BCUT2D eigenvalue weighted by molar-refractivity contribution is 4.99. The molecule has 0 rings (SSSR count). The fourth-order valence-electron chi connectivity index (χ4n) is 7.88. The lowest BCUT2D eigenvalue weighted by Crippen LogP contribution is -2.38. The van der Waals surface area contributed by atoms with Crippen LogP contribution in [-0.4, -0.2) is 292 Å². The van der Waals surface area contributed by atoms with Crippen LogP contribution in [-0.2, 0) is 94.7 Å². The van der Waals surface area contributed by atoms with Gasteiger partial charge in [-0.25, -0.2) is 0 Å². The number of aliphatic hydroxyl groups excluding tert-OH is 2. The van der Waals surface area contributed by atoms with E-state index in [1.165, 1.54) is 68.3 Å². The number of hydrogen-bond acceptors (Lipinski definition) is 24. The molecule has 24 nitrogen and oxygen atoms in total. The van der Waals surface area contributed by atoms with E-state index in [0.717, 1.165) is 0 Å². The van der Waals surface area contributed by atoms with E-state index in [4.69, 9.17) is 94.7 Å². The molecule has 0 saturated heterocycles. The fraction of sp³-hybridized carbons (Fsp3) is 0.650. The van der Waals surface area contributed by atoms with Crippen LogP contribution in [0.2, 0.25) is 0 Å². The molecular formula is C103H186O24. The molecule has 6 atom stereocenters. The van der Waals surface area contributed by atoms with E-state index in [1.807, 2.05) is 220 Å². The molecule has 0 spiro atoms. The Morgan fingerprint density at radius 1 is 0.236 bits per heavy atom. The average molecular weight is 1810 g/mol. The van der Waals surface area contributed by atoms with E-state index in [2.05, 4.69) is 52.6 Å². The van der Waals surface area contributed by atoms with Gasteiger partial charge in [-0.05, 0) is 173 Å². The Labute approximate surface area is 774 Å². The van der Waals surface area contributed by atoms with Crippen LogP contribution < -0.4 is 0 Å². The third kappa shape index (κ3) is 122. The van der Waals surface area contributed by atoms with Crippen LogP contribution in [0.15, 0.2) is 218 Å². The smallest absolute Gasteiger partial charge is 0.152 e. The molecule has 0 aliphatic rings. The fourth-order valence-corrected chi connectivity index (χ4v) is 7.88. The molecule has 0 saturated carbocycles. The molecule has 0 radical (unpaired) electrons. The standard InChI is InChI=1S/C14H26O3.2C14H24O3.2C13H24O3.2C12H22O3.C11H20O3/c1-12(2)6-8-16-10-14(5,15)11-17-9-7-13(3)4;2*1-6-9-15-11-14(5,17-7-2)12-16-10-8-13(3)4;1-11(2)5-7-15-9-13(14)10-16-8-6-12(3)4;1-6-8-15-10-13(4,14-5)11-16-9-7-12(2)3;1-5-7-14-9-12(13-4)10-15-8-6-11(2)3;1-5-7-14-9-12(4,13)10-15-8-6-11(2)3;1-4-6-13-8-11(12)9-14-7-5-10(2)3/h6-7,15H,8-11H2,1-5H3;2*6-8H,1-2,9-12H2,3-5H3;5-6,13-14H,7-10H2,1-4H3;6-7H,1,8-11H2,2-5H3;5-6,12H,1,7-10H2,2-4H3;5-6,13H,1,7-10H2,2-4H3;4-5,11-12H,1,6-9H2,2-3H3. The molecule has 742 valence electrons. The lowest BCUT2D eigenvalue weighted by Gasteiger charge is -2.28. The maximum absolute atomic E-state index is 9.95. The average Bonchev–Trinajstić information content (AvgIpc) is 0.914. The van der Waals surface area contributed by atoms with Gasteiger partial charge in [-0.15, -0.1) is 39.5 Å². The first kappa shape index (κ1) is 136. The van der Waals surface area contributed by atoms with Gasteiger partial charge in [0.2, 0.25) is 0 Å². The third-order valence-electron chi connectivity index (χ3n) is 15.0. The van der Waals surface area contributed by atoms with Gasteiger partial charge in [0.25, 0.3) is 0 Å². The Balaban J connectivity index is -0.000000213. The lowest BCUT2D eigenvalue weighted by molar-refractivity contribution is -0.100. The van der Waals surface area contributed by atoms with Crippen LogP contribution in [0.4, 0.5) is 0 Å². The first-order chi connectivity index (χ1) is 59.8. The molecule has 0 amide bonds. The summed E-state index contributed by atoms with van der Waals surface area (Å²) in [6, 6.07) is 0. The maximum atomic E-state index is 9.95. The number of aliphatic hydroxyl groups is 4. The van der Waals surface area contributed by atoms with Crippen molar-refractivity contribution in [1.29, 1.82) is 0 Å². The van der Waals surface area contributed by atoms with Crippen molar-refractivity contribution < 1.29 is 115 Å². The molecule has 0 fully saturated rings. The summed E-state index contributed by atoms with van der Waals surface area (Å²) in [5.74, 6) is 0. The summed E-state index contributed by atoms with van der Waals surface area (Å²) in [7, 11) is 3.33. The zero-order valence-electron chi connectivity index (χ0n) is 84.9. The van der Waals surface area contributed by atoms with Crippen molar-refractivity contribution in [3.63, 3.8) is 0 Å². The number of ether oxygens (including phenoxy) is 20. The predicted molar refractivity (Wildman–Crippen MR) is 527 cm³/mol. The monoisotopic (exact) mass is 1810 g/mol. The van der Waals surface area contributed by atoms with E-state index in [-0.39, 0.29) is 32.5 Å². The summed E-state index contributed by atoms with van der Waals surface area (Å²) in [5.41, 5.74) is 9.01. The predicted octanol–water partition coefficient (Wildman–Crippen LogP) is 19.4. The Morgan fingerprint density at radius 2 is 0.394 bits per heavy atom. The van der Waals surface area contributed by atoms with Crippen molar-refractivity contribution in [3.05, 3.63) is 218 Å². The van der Waals surface area contributed by atoms with Gasteiger partial charge < -0.3 is 115 Å². The third-order valence-corrected chi connectivity index (χ3v) is 15.0. The van der Waals surface area contributed by atoms with Gasteiger partial charge in [0.1, 0.15) is 35.1 Å². The molecule has 6 unspecified atom stereocenters. The van der Waals surface area contributed by atoms with Gasteiger partial charge in [0.05, 0.1) is 224 Å². The normalized spacial score (nSPS) is 12.7. The summed E-state index contributed by atoms with van der Waals surface area (Å²) < 4.78 is 107.